The molecule has 0 rings (SSSR count). The molecule has 8 heavy (non-hydrogen) atoms. The van der Waals surface area contributed by atoms with Crippen LogP contribution in [-0.4, -0.2) is 0 Å². The molecule has 0 saturated heterocycles. The van der Waals surface area contributed by atoms with E-state index in [1.807, 2.05) is 0 Å². The first-order valence-corrected chi connectivity index (χ1v) is 5.25. The van der Waals surface area contributed by atoms with Gasteiger partial charge in [0.2, 0.25) is 0 Å². The number of unbranched alkanes of at least 4 members (excludes halogenated alkanes) is 3. The summed E-state index contributed by atoms with van der Waals surface area (Å²) in [7, 11) is 4.64. The molecule has 0 aliphatic rings. The van der Waals surface area contributed by atoms with Crippen LogP contribution in [0.25, 0.3) is 0 Å². The van der Waals surface area contributed by atoms with Crippen molar-refractivity contribution >= 4 is 9.30 Å². The molecule has 0 saturated carbocycles. The van der Waals surface area contributed by atoms with Crippen molar-refractivity contribution in [2.75, 3.05) is 0 Å². The Bertz CT molecular complexity index is 20.5. The second-order valence-corrected chi connectivity index (χ2v) is 1.71. The summed E-state index contributed by atoms with van der Waals surface area (Å²) in [4.78, 5) is 0. The first kappa shape index (κ1) is 11.8. The molecule has 0 aromatic rings. The van der Waals surface area contributed by atoms with Gasteiger partial charge in [0.05, 0.1) is 0 Å². The summed E-state index contributed by atoms with van der Waals surface area (Å²) in [6.07, 6.45) is 5.54. The van der Waals surface area contributed by atoms with Crippen LogP contribution in [0.4, 0.5) is 0 Å². The van der Waals surface area contributed by atoms with E-state index in [1.165, 1.54) is 45.1 Å². The zero-order chi connectivity index (χ0) is 6.83. The van der Waals surface area contributed by atoms with Crippen molar-refractivity contribution in [2.24, 2.45) is 0 Å². The van der Waals surface area contributed by atoms with Crippen molar-refractivity contribution in [2.45, 2.75) is 39.5 Å². The van der Waals surface area contributed by atoms with Gasteiger partial charge in [0.15, 0.2) is 0 Å². The molecule has 0 aromatic heterocycles. The van der Waals surface area contributed by atoms with Crippen LogP contribution in [0.5, 0.6) is 0 Å². The minimum absolute atomic E-state index is 1.36. The normalized spacial score (nSPS) is 7.25. The van der Waals surface area contributed by atoms with Gasteiger partial charge < -0.3 is 0 Å². The molecule has 0 spiro atoms. The topological polar surface area (TPSA) is 0 Å². The second kappa shape index (κ2) is 15.7. The van der Waals surface area contributed by atoms with Gasteiger partial charge in [-0.15, -0.1) is 0 Å². The maximum atomic E-state index is 4.64. The van der Waals surface area contributed by atoms with E-state index in [-0.39, 0.29) is 0 Å². The van der Waals surface area contributed by atoms with Crippen molar-refractivity contribution in [3.63, 3.8) is 0 Å². The van der Waals surface area contributed by atoms with Gasteiger partial charge in [0, 0.05) is 0 Å². The molecule has 0 N–H and O–H groups in total. The van der Waals surface area contributed by atoms with Crippen LogP contribution >= 0.6 is 9.30 Å². The van der Waals surface area contributed by atoms with Crippen molar-refractivity contribution in [1.29, 1.82) is 0 Å². The van der Waals surface area contributed by atoms with E-state index >= 15 is 0 Å². The summed E-state index contributed by atoms with van der Waals surface area (Å²) >= 11 is 1.47. The molecule has 0 fully saturated rings. The number of rotatable bonds is 3. The third kappa shape index (κ3) is 15.7. The molecule has 2 heteroatoms. The summed E-state index contributed by atoms with van der Waals surface area (Å²) in [5.41, 5.74) is 0. The Hall–Kier alpha value is 1.00. The third-order valence-electron chi connectivity index (χ3n) is 0.957. The van der Waals surface area contributed by atoms with Crippen LogP contribution in [-0.2, 0) is 19.4 Å². The number of hydrogen-bond acceptors (Lipinski definition) is 0. The van der Waals surface area contributed by atoms with Gasteiger partial charge in [0.25, 0.3) is 0 Å². The van der Waals surface area contributed by atoms with Gasteiger partial charge >= 0.3 is 28.7 Å². The molecular formula is C6H14ClTi. The summed E-state index contributed by atoms with van der Waals surface area (Å²) < 4.78 is 0. The molecule has 0 bridgehead atoms. The summed E-state index contributed by atoms with van der Waals surface area (Å²) in [6, 6.07) is 0. The molecule has 0 atom stereocenters. The zero-order valence-electron chi connectivity index (χ0n) is 5.71. The van der Waals surface area contributed by atoms with Gasteiger partial charge in [-0.1, -0.05) is 39.5 Å². The van der Waals surface area contributed by atoms with Crippen molar-refractivity contribution in [3.05, 3.63) is 0 Å². The molecule has 0 aliphatic carbocycles. The third-order valence-corrected chi connectivity index (χ3v) is 0.957. The predicted octanol–water partition coefficient (Wildman–Crippen LogP) is 3.27. The van der Waals surface area contributed by atoms with Gasteiger partial charge in [0.1, 0.15) is 0 Å². The van der Waals surface area contributed by atoms with Crippen LogP contribution < -0.4 is 0 Å². The molecule has 0 unspecified atom stereocenters. The average Bonchev–Trinajstić information content (AvgIpc) is 1.88. The Morgan fingerprint density at radius 1 is 1.00 bits per heavy atom. The monoisotopic (exact) mass is 169 g/mol. The quantitative estimate of drug-likeness (QED) is 0.449. The van der Waals surface area contributed by atoms with E-state index in [0.29, 0.717) is 0 Å². The standard InChI is InChI=1S/C6H14.ClH.Ti/c1-3-5-6-4-2;;/h3-6H2,1-2H3;1H;/q;;+1/p-1. The van der Waals surface area contributed by atoms with E-state index in [2.05, 4.69) is 23.2 Å². The van der Waals surface area contributed by atoms with Crippen molar-refractivity contribution in [3.8, 4) is 0 Å². The predicted molar refractivity (Wildman–Crippen MR) is 35.7 cm³/mol. The SMILES string of the molecule is CCCCCC.[Cl][Ti]. The summed E-state index contributed by atoms with van der Waals surface area (Å²) in [5, 5.41) is 0. The zero-order valence-corrected chi connectivity index (χ0v) is 8.02. The summed E-state index contributed by atoms with van der Waals surface area (Å²) in [6.45, 7) is 4.46. The van der Waals surface area contributed by atoms with E-state index in [0.717, 1.165) is 0 Å². The maximum absolute atomic E-state index is 4.64. The molecular weight excluding hydrogens is 155 g/mol. The van der Waals surface area contributed by atoms with Crippen LogP contribution in [0.1, 0.15) is 39.5 Å². The second-order valence-electron chi connectivity index (χ2n) is 1.71. The Labute approximate surface area is 68.3 Å². The van der Waals surface area contributed by atoms with Crippen LogP contribution in [0.3, 0.4) is 0 Å². The number of hydrogen-bond donors (Lipinski definition) is 0. The van der Waals surface area contributed by atoms with Crippen LogP contribution in [0.15, 0.2) is 0 Å². The van der Waals surface area contributed by atoms with E-state index in [1.54, 1.807) is 0 Å². The van der Waals surface area contributed by atoms with E-state index < -0.39 is 0 Å². The molecule has 0 radical (unpaired) electrons. The Kier molecular flexibility index (Phi) is 23.0. The fraction of sp³-hybridized carbons (Fsp3) is 1.00. The van der Waals surface area contributed by atoms with Crippen molar-refractivity contribution in [1.82, 2.24) is 0 Å². The molecule has 0 nitrogen and oxygen atoms in total. The first-order chi connectivity index (χ1) is 3.91. The van der Waals surface area contributed by atoms with E-state index in [4.69, 9.17) is 0 Å². The fourth-order valence-corrected chi connectivity index (χ4v) is 0.500. The molecule has 0 amide bonds. The van der Waals surface area contributed by atoms with Gasteiger partial charge in [-0.05, 0) is 0 Å². The molecule has 0 aromatic carbocycles. The molecule has 0 heterocycles. The Balaban J connectivity index is 0. The van der Waals surface area contributed by atoms with Gasteiger partial charge in [-0.3, -0.25) is 0 Å². The van der Waals surface area contributed by atoms with Gasteiger partial charge in [-0.25, -0.2) is 0 Å². The number of halogens is 1. The summed E-state index contributed by atoms with van der Waals surface area (Å²) in [5.74, 6) is 0. The fourth-order valence-electron chi connectivity index (χ4n) is 0.500. The van der Waals surface area contributed by atoms with Crippen molar-refractivity contribution < 1.29 is 19.4 Å². The van der Waals surface area contributed by atoms with Crippen LogP contribution in [0.2, 0.25) is 0 Å². The van der Waals surface area contributed by atoms with Gasteiger partial charge in [-0.2, -0.15) is 0 Å². The molecule has 0 aliphatic heterocycles. The van der Waals surface area contributed by atoms with E-state index in [9.17, 15) is 0 Å². The average molecular weight is 169 g/mol. The molecule has 49 valence electrons. The minimum atomic E-state index is 1.36. The van der Waals surface area contributed by atoms with Crippen LogP contribution in [0, 0.1) is 0 Å². The Morgan fingerprint density at radius 3 is 1.38 bits per heavy atom. The first-order valence-electron chi connectivity index (χ1n) is 3.10. The Morgan fingerprint density at radius 2 is 1.25 bits per heavy atom.